The normalized spacial score (nSPS) is 11.8. The first-order valence-electron chi connectivity index (χ1n) is 17.5. The predicted molar refractivity (Wildman–Crippen MR) is 205 cm³/mol. The second-order valence-corrected chi connectivity index (χ2v) is 15.2. The van der Waals surface area contributed by atoms with Crippen LogP contribution in [0.4, 0.5) is 0 Å². The lowest BCUT2D eigenvalue weighted by Gasteiger charge is -2.34. The first kappa shape index (κ1) is 42.7. The van der Waals surface area contributed by atoms with E-state index < -0.39 is 46.3 Å². The lowest BCUT2D eigenvalue weighted by molar-refractivity contribution is -0.155. The summed E-state index contributed by atoms with van der Waals surface area (Å²) in [7, 11) is 0. The van der Waals surface area contributed by atoms with Gasteiger partial charge in [0.1, 0.15) is 39.7 Å². The van der Waals surface area contributed by atoms with Crippen LogP contribution in [0.5, 0.6) is 17.2 Å². The van der Waals surface area contributed by atoms with E-state index >= 15 is 0 Å². The summed E-state index contributed by atoms with van der Waals surface area (Å²) in [6.45, 7) is 21.7. The predicted octanol–water partition coefficient (Wildman–Crippen LogP) is 6.59. The fourth-order valence-electron chi connectivity index (χ4n) is 6.26. The van der Waals surface area contributed by atoms with Crippen LogP contribution in [0, 0.1) is 0 Å². The van der Waals surface area contributed by atoms with E-state index in [0.29, 0.717) is 47.5 Å². The molecule has 3 aromatic rings. The van der Waals surface area contributed by atoms with Gasteiger partial charge < -0.3 is 28.4 Å². The van der Waals surface area contributed by atoms with Crippen molar-refractivity contribution in [3.05, 3.63) is 114 Å². The maximum atomic E-state index is 13.0. The fraction of sp³-hybridized carbons (Fsp3) is 0.372. The van der Waals surface area contributed by atoms with E-state index in [1.54, 1.807) is 94.4 Å². The number of rotatable bonds is 19. The molecule has 0 heterocycles. The topological polar surface area (TPSA) is 149 Å². The molecule has 0 aliphatic carbocycles. The number of ether oxygens (including phenoxy) is 6. The highest BCUT2D eigenvalue weighted by molar-refractivity contribution is 5.93. The van der Waals surface area contributed by atoms with Crippen LogP contribution in [0.15, 0.2) is 92.0 Å². The molecule has 0 unspecified atom stereocenters. The van der Waals surface area contributed by atoms with E-state index in [1.165, 1.54) is 6.21 Å². The third-order valence-electron chi connectivity index (χ3n) is 7.84. The molecule has 11 nitrogen and oxygen atoms in total. The number of esters is 4. The fourth-order valence-corrected chi connectivity index (χ4v) is 6.26. The standard InChI is InChI=1S/C43H51NO10/c1-11-36(45)53-42(7,8)27-40(3,4)51-33-18-14-30(15-19-33)38(47)49-24-23-29-13-22-35(32(25-29)26-44)50-39(48)31-16-20-34(21-17-31)52-41(5,6)28-43(9,10)54-37(46)12-2/h11-22,25-26,44H,1-2,23-24,27-28H2,3-10H3/p+1. The third kappa shape index (κ3) is 13.7. The van der Waals surface area contributed by atoms with E-state index in [9.17, 15) is 19.2 Å². The van der Waals surface area contributed by atoms with E-state index in [-0.39, 0.29) is 12.4 Å². The molecule has 0 aliphatic heterocycles. The van der Waals surface area contributed by atoms with Crippen LogP contribution in [-0.2, 0) is 30.2 Å². The van der Waals surface area contributed by atoms with Gasteiger partial charge in [0.25, 0.3) is 0 Å². The van der Waals surface area contributed by atoms with Gasteiger partial charge in [-0.2, -0.15) is 0 Å². The summed E-state index contributed by atoms with van der Waals surface area (Å²) < 4.78 is 34.3. The zero-order valence-corrected chi connectivity index (χ0v) is 32.5. The van der Waals surface area contributed by atoms with Crippen molar-refractivity contribution >= 4 is 30.1 Å². The largest absolute Gasteiger partial charge is 0.488 e. The van der Waals surface area contributed by atoms with Gasteiger partial charge in [0.2, 0.25) is 0 Å². The Hall–Kier alpha value is -5.71. The van der Waals surface area contributed by atoms with Gasteiger partial charge >= 0.3 is 23.9 Å². The van der Waals surface area contributed by atoms with Crippen LogP contribution in [-0.4, -0.2) is 59.1 Å². The highest BCUT2D eigenvalue weighted by Crippen LogP contribution is 2.31. The Balaban J connectivity index is 1.52. The summed E-state index contributed by atoms with van der Waals surface area (Å²) in [4.78, 5) is 49.1. The number of carbonyl (C=O) groups excluding carboxylic acids is 4. The summed E-state index contributed by atoms with van der Waals surface area (Å²) in [5.74, 6) is -0.744. The summed E-state index contributed by atoms with van der Waals surface area (Å²) >= 11 is 0. The third-order valence-corrected chi connectivity index (χ3v) is 7.84. The summed E-state index contributed by atoms with van der Waals surface area (Å²) in [5.41, 5.74) is -0.956. The average molecular weight is 743 g/mol. The van der Waals surface area contributed by atoms with Gasteiger partial charge in [-0.05, 0) is 122 Å². The zero-order chi connectivity index (χ0) is 40.3. The Morgan fingerprint density at radius 2 is 1.07 bits per heavy atom. The Labute approximate surface area is 317 Å². The maximum absolute atomic E-state index is 13.0. The molecule has 0 amide bonds. The van der Waals surface area contributed by atoms with Gasteiger partial charge in [-0.1, -0.05) is 19.2 Å². The summed E-state index contributed by atoms with van der Waals surface area (Å²) in [6.07, 6.45) is 4.80. The van der Waals surface area contributed by atoms with Crippen molar-refractivity contribution in [2.45, 2.75) is 97.1 Å². The molecule has 0 bridgehead atoms. The van der Waals surface area contributed by atoms with Gasteiger partial charge in [0.05, 0.1) is 23.3 Å². The molecule has 0 fully saturated rings. The van der Waals surface area contributed by atoms with E-state index in [2.05, 4.69) is 13.2 Å². The summed E-state index contributed by atoms with van der Waals surface area (Å²) in [6, 6.07) is 18.3. The maximum Gasteiger partial charge on any atom is 0.343 e. The molecule has 54 heavy (non-hydrogen) atoms. The second-order valence-electron chi connectivity index (χ2n) is 15.2. The first-order chi connectivity index (χ1) is 25.1. The van der Waals surface area contributed by atoms with Crippen molar-refractivity contribution in [3.63, 3.8) is 0 Å². The van der Waals surface area contributed by atoms with E-state index in [4.69, 9.17) is 33.8 Å². The van der Waals surface area contributed by atoms with Crippen molar-refractivity contribution < 1.29 is 53.0 Å². The number of carbonyl (C=O) groups is 4. The molecular weight excluding hydrogens is 690 g/mol. The highest BCUT2D eigenvalue weighted by Gasteiger charge is 2.34. The van der Waals surface area contributed by atoms with Crippen LogP contribution >= 0.6 is 0 Å². The van der Waals surface area contributed by atoms with Gasteiger partial charge in [0.15, 0.2) is 6.21 Å². The highest BCUT2D eigenvalue weighted by atomic mass is 16.6. The Morgan fingerprint density at radius 1 is 0.630 bits per heavy atom. The van der Waals surface area contributed by atoms with E-state index in [1.807, 2.05) is 27.7 Å². The van der Waals surface area contributed by atoms with Crippen molar-refractivity contribution in [1.82, 2.24) is 0 Å². The SMILES string of the molecule is C=CC(=O)OC(C)(C)CC(C)(C)Oc1ccc(C(=O)OCCc2ccc(OC(=O)c3ccc(OC(C)(C)CC(C)(C)OC(=O)C=C)cc3)c(C=[NH2+])c2)cc1. The molecule has 0 saturated carbocycles. The average Bonchev–Trinajstić information content (AvgIpc) is 3.07. The molecule has 2 N–H and O–H groups in total. The van der Waals surface area contributed by atoms with E-state index in [0.717, 1.165) is 17.7 Å². The molecule has 0 atom stereocenters. The molecule has 0 radical (unpaired) electrons. The Morgan fingerprint density at radius 3 is 1.50 bits per heavy atom. The van der Waals surface area contributed by atoms with Crippen LogP contribution in [0.1, 0.15) is 100 Å². The minimum atomic E-state index is -0.787. The van der Waals surface area contributed by atoms with Gasteiger partial charge in [-0.15, -0.1) is 0 Å². The molecular formula is C43H52NO10+. The molecule has 3 rings (SSSR count). The van der Waals surface area contributed by atoms with Crippen LogP contribution in [0.2, 0.25) is 0 Å². The summed E-state index contributed by atoms with van der Waals surface area (Å²) in [5, 5.41) is 5.86. The lowest BCUT2D eigenvalue weighted by Crippen LogP contribution is -2.40. The minimum absolute atomic E-state index is 0.106. The van der Waals surface area contributed by atoms with Gasteiger partial charge in [0, 0.05) is 31.4 Å². The van der Waals surface area contributed by atoms with Crippen LogP contribution < -0.4 is 19.6 Å². The van der Waals surface area contributed by atoms with Gasteiger partial charge in [-0.3, -0.25) is 5.41 Å². The zero-order valence-electron chi connectivity index (χ0n) is 32.5. The number of hydrogen-bond donors (Lipinski definition) is 1. The first-order valence-corrected chi connectivity index (χ1v) is 17.5. The van der Waals surface area contributed by atoms with Crippen LogP contribution in [0.25, 0.3) is 0 Å². The smallest absolute Gasteiger partial charge is 0.343 e. The second kappa shape index (κ2) is 17.9. The van der Waals surface area contributed by atoms with Crippen molar-refractivity contribution in [2.75, 3.05) is 6.61 Å². The quantitative estimate of drug-likeness (QED) is 0.0469. The number of nitrogens with two attached hydrogens (primary N) is 1. The van der Waals surface area contributed by atoms with Gasteiger partial charge in [-0.25, -0.2) is 19.2 Å². The lowest BCUT2D eigenvalue weighted by atomic mass is 9.92. The van der Waals surface area contributed by atoms with Crippen molar-refractivity contribution in [1.29, 1.82) is 0 Å². The molecule has 288 valence electrons. The Bertz CT molecular complexity index is 1840. The molecule has 0 saturated heterocycles. The molecule has 0 aliphatic rings. The molecule has 0 aromatic heterocycles. The van der Waals surface area contributed by atoms with Crippen molar-refractivity contribution in [3.8, 4) is 17.2 Å². The minimum Gasteiger partial charge on any atom is -0.488 e. The number of hydrogen-bond acceptors (Lipinski definition) is 10. The Kier molecular flexibility index (Phi) is 14.1. The van der Waals surface area contributed by atoms with Crippen LogP contribution in [0.3, 0.4) is 0 Å². The van der Waals surface area contributed by atoms with Crippen molar-refractivity contribution in [2.24, 2.45) is 0 Å². The monoisotopic (exact) mass is 742 g/mol. The molecule has 11 heteroatoms. The number of benzene rings is 3. The molecule has 3 aromatic carbocycles. The molecule has 0 spiro atoms.